The van der Waals surface area contributed by atoms with Crippen molar-refractivity contribution in [2.75, 3.05) is 19.3 Å². The molecule has 2 N–H and O–H groups in total. The minimum atomic E-state index is -0.0989. The number of nitrogens with two attached hydrogens (primary N) is 1. The van der Waals surface area contributed by atoms with Gasteiger partial charge in [-0.1, -0.05) is 6.07 Å². The number of imidazole rings is 1. The van der Waals surface area contributed by atoms with Gasteiger partial charge in [0.1, 0.15) is 11.4 Å². The van der Waals surface area contributed by atoms with Gasteiger partial charge in [0.05, 0.1) is 29.8 Å². The van der Waals surface area contributed by atoms with Crippen LogP contribution in [0.25, 0.3) is 28.1 Å². The maximum atomic E-state index is 13.1. The summed E-state index contributed by atoms with van der Waals surface area (Å²) in [6, 6.07) is 6.22. The number of ketones is 1. The number of benzene rings is 1. The Bertz CT molecular complexity index is 1280. The van der Waals surface area contributed by atoms with Gasteiger partial charge < -0.3 is 15.2 Å². The second-order valence-electron chi connectivity index (χ2n) is 8.25. The van der Waals surface area contributed by atoms with Crippen LogP contribution in [0, 0.1) is 0 Å². The SMILES string of the molecule is CN1CCC[C@H]1CCC(=O)c1nc(-c2ccc3ncn(C)c3c2)c(-n2nccn2)nc1N. The Morgan fingerprint density at radius 1 is 1.19 bits per heavy atom. The van der Waals surface area contributed by atoms with Gasteiger partial charge in [0.2, 0.25) is 5.82 Å². The lowest BCUT2D eigenvalue weighted by molar-refractivity contribution is 0.0966. The summed E-state index contributed by atoms with van der Waals surface area (Å²) in [5.74, 6) is 0.367. The molecule has 3 aromatic heterocycles. The second-order valence-corrected chi connectivity index (χ2v) is 8.25. The van der Waals surface area contributed by atoms with Gasteiger partial charge in [0.25, 0.3) is 0 Å². The number of nitrogens with zero attached hydrogens (tertiary/aromatic N) is 8. The third kappa shape index (κ3) is 3.62. The predicted octanol–water partition coefficient (Wildman–Crippen LogP) is 2.25. The van der Waals surface area contributed by atoms with E-state index in [2.05, 4.69) is 32.1 Å². The highest BCUT2D eigenvalue weighted by atomic mass is 16.1. The van der Waals surface area contributed by atoms with Crippen LogP contribution in [0.5, 0.6) is 0 Å². The van der Waals surface area contributed by atoms with E-state index in [-0.39, 0.29) is 17.3 Å². The van der Waals surface area contributed by atoms with Gasteiger partial charge >= 0.3 is 0 Å². The van der Waals surface area contributed by atoms with Crippen LogP contribution in [0.4, 0.5) is 5.82 Å². The Labute approximate surface area is 185 Å². The average Bonchev–Trinajstić information content (AvgIpc) is 3.54. The van der Waals surface area contributed by atoms with Crippen LogP contribution in [0.2, 0.25) is 0 Å². The lowest BCUT2D eigenvalue weighted by Gasteiger charge is -2.18. The number of anilines is 1. The molecule has 0 saturated carbocycles. The Hall–Kier alpha value is -3.66. The fourth-order valence-electron chi connectivity index (χ4n) is 4.34. The second kappa shape index (κ2) is 8.12. The van der Waals surface area contributed by atoms with Crippen LogP contribution in [0.1, 0.15) is 36.2 Å². The number of carbonyl (C=O) groups excluding carboxylic acids is 1. The zero-order valence-electron chi connectivity index (χ0n) is 18.1. The molecule has 1 aliphatic heterocycles. The number of fused-ring (bicyclic) bond motifs is 1. The zero-order valence-corrected chi connectivity index (χ0v) is 18.1. The number of rotatable bonds is 6. The summed E-state index contributed by atoms with van der Waals surface area (Å²) in [4.78, 5) is 30.3. The van der Waals surface area contributed by atoms with Crippen LogP contribution < -0.4 is 5.73 Å². The van der Waals surface area contributed by atoms with Crippen molar-refractivity contribution in [2.45, 2.75) is 31.7 Å². The predicted molar refractivity (Wildman–Crippen MR) is 120 cm³/mol. The third-order valence-corrected chi connectivity index (χ3v) is 6.15. The van der Waals surface area contributed by atoms with E-state index in [1.165, 1.54) is 11.2 Å². The number of hydrogen-bond donors (Lipinski definition) is 1. The number of Topliss-reactive ketones (excluding diaryl/α,β-unsaturated/α-hetero) is 1. The van der Waals surface area contributed by atoms with Gasteiger partial charge in [-0.25, -0.2) is 15.0 Å². The molecule has 0 bridgehead atoms. The molecular weight excluding hydrogens is 406 g/mol. The summed E-state index contributed by atoms with van der Waals surface area (Å²) in [6.07, 6.45) is 8.33. The van der Waals surface area contributed by atoms with Gasteiger partial charge in [0.15, 0.2) is 11.6 Å². The number of hydrogen-bond acceptors (Lipinski definition) is 8. The standard InChI is InChI=1S/C22H25N9O/c1-29-11-3-4-15(29)6-8-18(32)20-21(23)28-22(31-25-9-10-26-31)19(27-20)14-5-7-16-17(12-14)30(2)13-24-16/h5,7,9-10,12-13,15H,3-4,6,8,11H2,1-2H3,(H2,23,28)/t15-/m0/s1. The minimum Gasteiger partial charge on any atom is -0.382 e. The summed E-state index contributed by atoms with van der Waals surface area (Å²) in [6.45, 7) is 1.08. The molecule has 1 aromatic carbocycles. The first kappa shape index (κ1) is 20.3. The molecule has 10 nitrogen and oxygen atoms in total. The fraction of sp³-hybridized carbons (Fsp3) is 0.364. The first-order chi connectivity index (χ1) is 15.5. The molecule has 0 aliphatic carbocycles. The number of aryl methyl sites for hydroxylation is 1. The smallest absolute Gasteiger partial charge is 0.202 e. The molecule has 1 atom stereocenters. The van der Waals surface area contributed by atoms with Crippen LogP contribution >= 0.6 is 0 Å². The highest BCUT2D eigenvalue weighted by Crippen LogP contribution is 2.29. The quantitative estimate of drug-likeness (QED) is 0.462. The Morgan fingerprint density at radius 2 is 2.00 bits per heavy atom. The molecule has 32 heavy (non-hydrogen) atoms. The molecule has 0 amide bonds. The zero-order chi connectivity index (χ0) is 22.2. The fourth-order valence-corrected chi connectivity index (χ4v) is 4.34. The Kier molecular flexibility index (Phi) is 5.14. The number of aromatic nitrogens is 7. The minimum absolute atomic E-state index is 0.0902. The molecule has 10 heteroatoms. The Morgan fingerprint density at radius 3 is 2.75 bits per heavy atom. The molecule has 1 saturated heterocycles. The Balaban J connectivity index is 1.55. The summed E-state index contributed by atoms with van der Waals surface area (Å²) in [7, 11) is 4.04. The largest absolute Gasteiger partial charge is 0.382 e. The van der Waals surface area contributed by atoms with Crippen molar-refractivity contribution in [3.8, 4) is 17.1 Å². The van der Waals surface area contributed by atoms with Crippen LogP contribution in [0.15, 0.2) is 36.9 Å². The lowest BCUT2D eigenvalue weighted by Crippen LogP contribution is -2.25. The van der Waals surface area contributed by atoms with Gasteiger partial charge in [0, 0.05) is 25.1 Å². The van der Waals surface area contributed by atoms with Gasteiger partial charge in [-0.05, 0) is 45.0 Å². The van der Waals surface area contributed by atoms with E-state index >= 15 is 0 Å². The van der Waals surface area contributed by atoms with E-state index in [1.807, 2.05) is 29.8 Å². The van der Waals surface area contributed by atoms with E-state index in [0.717, 1.165) is 36.0 Å². The van der Waals surface area contributed by atoms with E-state index in [0.29, 0.717) is 24.0 Å². The van der Waals surface area contributed by atoms with E-state index in [1.54, 1.807) is 18.7 Å². The molecular formula is C22H25N9O. The summed E-state index contributed by atoms with van der Waals surface area (Å²) < 4.78 is 1.93. The first-order valence-corrected chi connectivity index (χ1v) is 10.7. The number of carbonyl (C=O) groups is 1. The van der Waals surface area contributed by atoms with Crippen LogP contribution in [-0.2, 0) is 7.05 Å². The monoisotopic (exact) mass is 431 g/mol. The van der Waals surface area contributed by atoms with Crippen molar-refractivity contribution in [1.29, 1.82) is 0 Å². The molecule has 1 fully saturated rings. The van der Waals surface area contributed by atoms with Gasteiger partial charge in [-0.15, -0.1) is 4.80 Å². The maximum Gasteiger partial charge on any atom is 0.202 e. The molecule has 5 rings (SSSR count). The van der Waals surface area contributed by atoms with E-state index in [4.69, 9.17) is 10.7 Å². The van der Waals surface area contributed by atoms with Crippen molar-refractivity contribution in [3.05, 3.63) is 42.6 Å². The summed E-state index contributed by atoms with van der Waals surface area (Å²) >= 11 is 0. The lowest BCUT2D eigenvalue weighted by atomic mass is 10.0. The van der Waals surface area contributed by atoms with Crippen molar-refractivity contribution in [3.63, 3.8) is 0 Å². The summed E-state index contributed by atoms with van der Waals surface area (Å²) in [5.41, 5.74) is 9.49. The number of likely N-dealkylation sites (tertiary alicyclic amines) is 1. The van der Waals surface area contributed by atoms with Crippen LogP contribution in [0.3, 0.4) is 0 Å². The van der Waals surface area contributed by atoms with E-state index < -0.39 is 0 Å². The summed E-state index contributed by atoms with van der Waals surface area (Å²) in [5, 5.41) is 8.39. The van der Waals surface area contributed by atoms with Crippen molar-refractivity contribution in [2.24, 2.45) is 7.05 Å². The average molecular weight is 432 g/mol. The highest BCUT2D eigenvalue weighted by molar-refractivity contribution is 5.99. The third-order valence-electron chi connectivity index (χ3n) is 6.15. The molecule has 4 aromatic rings. The maximum absolute atomic E-state index is 13.1. The molecule has 4 heterocycles. The molecule has 0 spiro atoms. The van der Waals surface area contributed by atoms with Crippen molar-refractivity contribution < 1.29 is 4.79 Å². The van der Waals surface area contributed by atoms with Gasteiger partial charge in [-0.2, -0.15) is 10.2 Å². The molecule has 0 unspecified atom stereocenters. The van der Waals surface area contributed by atoms with Gasteiger partial charge in [-0.3, -0.25) is 4.79 Å². The first-order valence-electron chi connectivity index (χ1n) is 10.7. The van der Waals surface area contributed by atoms with Crippen molar-refractivity contribution in [1.82, 2.24) is 39.4 Å². The molecule has 164 valence electrons. The number of nitrogen functional groups attached to an aromatic ring is 1. The topological polar surface area (TPSA) is 121 Å². The highest BCUT2D eigenvalue weighted by Gasteiger charge is 2.25. The van der Waals surface area contributed by atoms with Crippen LogP contribution in [-0.4, -0.2) is 64.8 Å². The normalized spacial score (nSPS) is 16.8. The molecule has 0 radical (unpaired) electrons. The molecule has 1 aliphatic rings. The van der Waals surface area contributed by atoms with Crippen molar-refractivity contribution >= 4 is 22.6 Å². The van der Waals surface area contributed by atoms with E-state index in [9.17, 15) is 4.79 Å².